The van der Waals surface area contributed by atoms with E-state index in [0.717, 1.165) is 12.8 Å². The number of hydrogen-bond acceptors (Lipinski definition) is 3. The Hall–Kier alpha value is -1.32. The number of hydrogen-bond donors (Lipinski definition) is 1. The summed E-state index contributed by atoms with van der Waals surface area (Å²) in [6, 6.07) is 0. The van der Waals surface area contributed by atoms with E-state index in [-0.39, 0.29) is 5.92 Å². The molecule has 0 spiro atoms. The van der Waals surface area contributed by atoms with Crippen LogP contribution in [0.25, 0.3) is 0 Å². The van der Waals surface area contributed by atoms with Gasteiger partial charge in [0, 0.05) is 0 Å². The van der Waals surface area contributed by atoms with E-state index in [1.165, 1.54) is 0 Å². The molecule has 1 aromatic heterocycles. The molecule has 1 fully saturated rings. The molecule has 4 nitrogen and oxygen atoms in total. The lowest BCUT2D eigenvalue weighted by Gasteiger charge is -2.04. The molecule has 0 bridgehead atoms. The van der Waals surface area contributed by atoms with E-state index in [1.807, 2.05) is 0 Å². The van der Waals surface area contributed by atoms with E-state index in [4.69, 9.17) is 9.52 Å². The summed E-state index contributed by atoms with van der Waals surface area (Å²) < 4.78 is 5.22. The minimum absolute atomic E-state index is 0.232. The summed E-state index contributed by atoms with van der Waals surface area (Å²) in [5, 5.41) is 8.95. The maximum atomic E-state index is 10.9. The first-order valence-electron chi connectivity index (χ1n) is 4.33. The number of carboxylic acid groups (broad SMARTS) is 1. The Balaban J connectivity index is 2.24. The standard InChI is InChI=1S/C9H11NO3/c1-5-4-10-8(13-5)7(9(11)12)6-2-3-6/h4,6-7H,2-3H2,1H3,(H,11,12). The van der Waals surface area contributed by atoms with Crippen LogP contribution in [-0.2, 0) is 4.79 Å². The number of carbonyl (C=O) groups is 1. The Labute approximate surface area is 75.6 Å². The molecule has 4 heteroatoms. The van der Waals surface area contributed by atoms with Gasteiger partial charge in [-0.15, -0.1) is 0 Å². The van der Waals surface area contributed by atoms with Gasteiger partial charge in [0.15, 0.2) is 0 Å². The average Bonchev–Trinajstić information content (AvgIpc) is 2.76. The summed E-state index contributed by atoms with van der Waals surface area (Å²) >= 11 is 0. The number of carboxylic acids is 1. The van der Waals surface area contributed by atoms with E-state index >= 15 is 0 Å². The maximum Gasteiger partial charge on any atom is 0.316 e. The zero-order chi connectivity index (χ0) is 9.42. The summed E-state index contributed by atoms with van der Waals surface area (Å²) in [5.41, 5.74) is 0. The first-order valence-corrected chi connectivity index (χ1v) is 4.33. The van der Waals surface area contributed by atoms with E-state index in [1.54, 1.807) is 13.1 Å². The third-order valence-corrected chi connectivity index (χ3v) is 2.26. The van der Waals surface area contributed by atoms with Crippen molar-refractivity contribution >= 4 is 5.97 Å². The Bertz CT molecular complexity index is 327. The van der Waals surface area contributed by atoms with Crippen LogP contribution in [0.1, 0.15) is 30.4 Å². The van der Waals surface area contributed by atoms with Crippen molar-refractivity contribution < 1.29 is 14.3 Å². The van der Waals surface area contributed by atoms with Crippen LogP contribution in [0.2, 0.25) is 0 Å². The zero-order valence-corrected chi connectivity index (χ0v) is 7.36. The van der Waals surface area contributed by atoms with Gasteiger partial charge in [-0.3, -0.25) is 4.79 Å². The first kappa shape index (κ1) is 8.29. The second-order valence-electron chi connectivity index (χ2n) is 3.46. The van der Waals surface area contributed by atoms with Crippen LogP contribution in [0.15, 0.2) is 10.6 Å². The predicted octanol–water partition coefficient (Wildman–Crippen LogP) is 1.56. The van der Waals surface area contributed by atoms with Crippen molar-refractivity contribution in [3.05, 3.63) is 17.8 Å². The minimum atomic E-state index is -0.829. The molecule has 0 amide bonds. The topological polar surface area (TPSA) is 63.3 Å². The molecule has 1 unspecified atom stereocenters. The van der Waals surface area contributed by atoms with Crippen molar-refractivity contribution in [1.29, 1.82) is 0 Å². The molecule has 1 aromatic rings. The third-order valence-electron chi connectivity index (χ3n) is 2.26. The fraction of sp³-hybridized carbons (Fsp3) is 0.556. The van der Waals surface area contributed by atoms with Crippen LogP contribution < -0.4 is 0 Å². The van der Waals surface area contributed by atoms with Gasteiger partial charge >= 0.3 is 5.97 Å². The van der Waals surface area contributed by atoms with Crippen LogP contribution in [-0.4, -0.2) is 16.1 Å². The molecule has 1 aliphatic rings. The highest BCUT2D eigenvalue weighted by molar-refractivity contribution is 5.75. The van der Waals surface area contributed by atoms with Crippen LogP contribution in [0.4, 0.5) is 0 Å². The monoisotopic (exact) mass is 181 g/mol. The molecule has 1 saturated carbocycles. The second kappa shape index (κ2) is 2.87. The number of aliphatic carboxylic acids is 1. The first-order chi connectivity index (χ1) is 6.18. The molecule has 13 heavy (non-hydrogen) atoms. The fourth-order valence-electron chi connectivity index (χ4n) is 1.45. The van der Waals surface area contributed by atoms with Crippen LogP contribution >= 0.6 is 0 Å². The number of nitrogens with zero attached hydrogens (tertiary/aromatic N) is 1. The minimum Gasteiger partial charge on any atom is -0.481 e. The SMILES string of the molecule is Cc1cnc(C(C(=O)O)C2CC2)o1. The van der Waals surface area contributed by atoms with Gasteiger partial charge in [0.05, 0.1) is 6.20 Å². The molecule has 70 valence electrons. The average molecular weight is 181 g/mol. The molecule has 1 atom stereocenters. The van der Waals surface area contributed by atoms with Gasteiger partial charge < -0.3 is 9.52 Å². The van der Waals surface area contributed by atoms with Crippen molar-refractivity contribution in [2.24, 2.45) is 5.92 Å². The molecule has 0 radical (unpaired) electrons. The van der Waals surface area contributed by atoms with E-state index in [0.29, 0.717) is 11.7 Å². The summed E-state index contributed by atoms with van der Waals surface area (Å²) in [6.45, 7) is 1.77. The second-order valence-corrected chi connectivity index (χ2v) is 3.46. The van der Waals surface area contributed by atoms with Crippen LogP contribution in [0.3, 0.4) is 0 Å². The highest BCUT2D eigenvalue weighted by Crippen LogP contribution is 2.42. The number of rotatable bonds is 3. The van der Waals surface area contributed by atoms with Gasteiger partial charge in [-0.2, -0.15) is 0 Å². The molecule has 0 aliphatic heterocycles. The normalized spacial score (nSPS) is 18.5. The Kier molecular flexibility index (Phi) is 1.83. The number of aryl methyl sites for hydroxylation is 1. The van der Waals surface area contributed by atoms with Gasteiger partial charge in [-0.05, 0) is 25.7 Å². The Morgan fingerprint density at radius 1 is 1.77 bits per heavy atom. The quantitative estimate of drug-likeness (QED) is 0.768. The van der Waals surface area contributed by atoms with Gasteiger partial charge in [0.1, 0.15) is 11.7 Å². The largest absolute Gasteiger partial charge is 0.481 e. The van der Waals surface area contributed by atoms with Crippen molar-refractivity contribution in [1.82, 2.24) is 4.98 Å². The molecule has 1 aliphatic carbocycles. The molecular formula is C9H11NO3. The van der Waals surface area contributed by atoms with Crippen molar-refractivity contribution in [2.45, 2.75) is 25.7 Å². The third kappa shape index (κ3) is 1.56. The zero-order valence-electron chi connectivity index (χ0n) is 7.36. The van der Waals surface area contributed by atoms with Gasteiger partial charge in [-0.25, -0.2) is 4.98 Å². The predicted molar refractivity (Wildman–Crippen MR) is 44.3 cm³/mol. The molecular weight excluding hydrogens is 170 g/mol. The molecule has 2 rings (SSSR count). The van der Waals surface area contributed by atoms with Crippen molar-refractivity contribution in [3.63, 3.8) is 0 Å². The van der Waals surface area contributed by atoms with E-state index in [2.05, 4.69) is 4.98 Å². The summed E-state index contributed by atoms with van der Waals surface area (Å²) in [6.07, 6.45) is 3.50. The number of oxazole rings is 1. The smallest absolute Gasteiger partial charge is 0.316 e. The highest BCUT2D eigenvalue weighted by Gasteiger charge is 2.40. The summed E-state index contributed by atoms with van der Waals surface area (Å²) in [7, 11) is 0. The molecule has 1 N–H and O–H groups in total. The van der Waals surface area contributed by atoms with E-state index in [9.17, 15) is 4.79 Å². The Morgan fingerprint density at radius 2 is 2.46 bits per heavy atom. The van der Waals surface area contributed by atoms with Crippen molar-refractivity contribution in [2.75, 3.05) is 0 Å². The molecule has 0 saturated heterocycles. The lowest BCUT2D eigenvalue weighted by molar-refractivity contribution is -0.139. The fourth-order valence-corrected chi connectivity index (χ4v) is 1.45. The van der Waals surface area contributed by atoms with E-state index < -0.39 is 11.9 Å². The van der Waals surface area contributed by atoms with Gasteiger partial charge in [-0.1, -0.05) is 0 Å². The van der Waals surface area contributed by atoms with Gasteiger partial charge in [0.25, 0.3) is 0 Å². The number of aromatic nitrogens is 1. The van der Waals surface area contributed by atoms with Crippen molar-refractivity contribution in [3.8, 4) is 0 Å². The lowest BCUT2D eigenvalue weighted by atomic mass is 10.0. The van der Waals surface area contributed by atoms with Crippen LogP contribution in [0.5, 0.6) is 0 Å². The maximum absolute atomic E-state index is 10.9. The summed E-state index contributed by atoms with van der Waals surface area (Å²) in [4.78, 5) is 14.8. The summed E-state index contributed by atoms with van der Waals surface area (Å²) in [5.74, 6) is -0.108. The Morgan fingerprint density at radius 3 is 2.85 bits per heavy atom. The molecule has 0 aromatic carbocycles. The molecule has 1 heterocycles. The lowest BCUT2D eigenvalue weighted by Crippen LogP contribution is -2.13. The highest BCUT2D eigenvalue weighted by atomic mass is 16.4. The van der Waals surface area contributed by atoms with Crippen LogP contribution in [0, 0.1) is 12.8 Å². The van der Waals surface area contributed by atoms with Gasteiger partial charge in [0.2, 0.25) is 5.89 Å².